The molecule has 0 spiro atoms. The van der Waals surface area contributed by atoms with E-state index in [0.717, 1.165) is 12.2 Å². The summed E-state index contributed by atoms with van der Waals surface area (Å²) in [6, 6.07) is 6.78. The largest absolute Gasteiger partial charge is 0.478 e. The molecule has 4 nitrogen and oxygen atoms in total. The molecule has 0 amide bonds. The summed E-state index contributed by atoms with van der Waals surface area (Å²) in [6.07, 6.45) is 1.57. The Bertz CT molecular complexity index is 412. The number of halogens is 1. The summed E-state index contributed by atoms with van der Waals surface area (Å²) < 4.78 is 5.49. The average molecular weight is 271 g/mol. The number of carboxylic acids is 1. The maximum atomic E-state index is 11.1. The summed E-state index contributed by atoms with van der Waals surface area (Å²) in [4.78, 5) is 21.2. The lowest BCUT2D eigenvalue weighted by atomic mass is 10.3. The molecule has 15 heavy (non-hydrogen) atoms. The normalized spacial score (nSPS) is 10.2. The molecule has 0 aliphatic carbocycles. The van der Waals surface area contributed by atoms with Gasteiger partial charge in [-0.3, -0.25) is 0 Å². The van der Waals surface area contributed by atoms with Crippen LogP contribution in [-0.2, 0) is 9.59 Å². The van der Waals surface area contributed by atoms with Gasteiger partial charge in [-0.1, -0.05) is 12.1 Å². The first-order valence-corrected chi connectivity index (χ1v) is 4.76. The van der Waals surface area contributed by atoms with Crippen LogP contribution in [0.15, 0.2) is 40.9 Å². The second-order valence-electron chi connectivity index (χ2n) is 2.52. The third-order valence-corrected chi connectivity index (χ3v) is 2.06. The van der Waals surface area contributed by atoms with Crippen LogP contribution in [0.3, 0.4) is 0 Å². The zero-order valence-corrected chi connectivity index (χ0v) is 9.10. The first-order valence-electron chi connectivity index (χ1n) is 3.97. The van der Waals surface area contributed by atoms with Crippen molar-refractivity contribution in [1.29, 1.82) is 0 Å². The van der Waals surface area contributed by atoms with E-state index in [1.807, 2.05) is 0 Å². The van der Waals surface area contributed by atoms with Gasteiger partial charge in [0.05, 0.1) is 4.47 Å². The van der Waals surface area contributed by atoms with Gasteiger partial charge in [0.1, 0.15) is 5.75 Å². The molecule has 0 heterocycles. The van der Waals surface area contributed by atoms with E-state index >= 15 is 0 Å². The third kappa shape index (κ3) is 3.95. The number of carboxylic acid groups (broad SMARTS) is 1. The SMILES string of the molecule is O=C(O)/C=C\C(=O)Oc1ccccc1Br. The molecule has 0 aromatic heterocycles. The van der Waals surface area contributed by atoms with Gasteiger partial charge in [-0.25, -0.2) is 9.59 Å². The monoisotopic (exact) mass is 270 g/mol. The summed E-state index contributed by atoms with van der Waals surface area (Å²) in [5.41, 5.74) is 0. The van der Waals surface area contributed by atoms with Crippen molar-refractivity contribution in [3.63, 3.8) is 0 Å². The van der Waals surface area contributed by atoms with Crippen LogP contribution in [0.5, 0.6) is 5.75 Å². The van der Waals surface area contributed by atoms with E-state index in [0.29, 0.717) is 10.2 Å². The van der Waals surface area contributed by atoms with Gasteiger partial charge in [-0.05, 0) is 28.1 Å². The topological polar surface area (TPSA) is 63.6 Å². The Morgan fingerprint density at radius 3 is 2.53 bits per heavy atom. The fraction of sp³-hybridized carbons (Fsp3) is 0. The van der Waals surface area contributed by atoms with Crippen LogP contribution in [-0.4, -0.2) is 17.0 Å². The second kappa shape index (κ2) is 5.31. The lowest BCUT2D eigenvalue weighted by Crippen LogP contribution is -2.05. The van der Waals surface area contributed by atoms with E-state index in [-0.39, 0.29) is 0 Å². The van der Waals surface area contributed by atoms with Gasteiger partial charge >= 0.3 is 11.9 Å². The van der Waals surface area contributed by atoms with Crippen molar-refractivity contribution >= 4 is 27.9 Å². The molecule has 0 atom stereocenters. The van der Waals surface area contributed by atoms with Crippen molar-refractivity contribution in [3.05, 3.63) is 40.9 Å². The number of ether oxygens (including phenoxy) is 1. The Kier molecular flexibility index (Phi) is 4.05. The Balaban J connectivity index is 2.67. The van der Waals surface area contributed by atoms with Crippen molar-refractivity contribution in [3.8, 4) is 5.75 Å². The highest BCUT2D eigenvalue weighted by Crippen LogP contribution is 2.23. The number of rotatable bonds is 3. The molecule has 1 aromatic rings. The number of aliphatic carboxylic acids is 1. The summed E-state index contributed by atoms with van der Waals surface area (Å²) in [6.45, 7) is 0. The highest BCUT2D eigenvalue weighted by Gasteiger charge is 2.04. The minimum Gasteiger partial charge on any atom is -0.478 e. The fourth-order valence-corrected chi connectivity index (χ4v) is 1.17. The zero-order chi connectivity index (χ0) is 11.3. The van der Waals surface area contributed by atoms with Crippen LogP contribution >= 0.6 is 15.9 Å². The van der Waals surface area contributed by atoms with Gasteiger partial charge in [0.15, 0.2) is 0 Å². The van der Waals surface area contributed by atoms with Gasteiger partial charge < -0.3 is 9.84 Å². The van der Waals surface area contributed by atoms with Gasteiger partial charge in [0.25, 0.3) is 0 Å². The maximum absolute atomic E-state index is 11.1. The van der Waals surface area contributed by atoms with Crippen LogP contribution in [0.25, 0.3) is 0 Å². The molecule has 0 bridgehead atoms. The molecule has 0 unspecified atom stereocenters. The second-order valence-corrected chi connectivity index (χ2v) is 3.38. The predicted molar refractivity (Wildman–Crippen MR) is 56.6 cm³/mol. The van der Waals surface area contributed by atoms with Crippen molar-refractivity contribution in [2.24, 2.45) is 0 Å². The van der Waals surface area contributed by atoms with E-state index in [2.05, 4.69) is 15.9 Å². The van der Waals surface area contributed by atoms with Gasteiger partial charge in [-0.2, -0.15) is 0 Å². The Hall–Kier alpha value is -1.62. The van der Waals surface area contributed by atoms with Crippen molar-refractivity contribution in [1.82, 2.24) is 0 Å². The Labute approximate surface area is 94.3 Å². The smallest absolute Gasteiger partial charge is 0.336 e. The first kappa shape index (κ1) is 11.5. The minimum absolute atomic E-state index is 0.345. The number of esters is 1. The lowest BCUT2D eigenvalue weighted by molar-refractivity contribution is -0.133. The molecule has 0 saturated heterocycles. The van der Waals surface area contributed by atoms with E-state index in [1.165, 1.54) is 0 Å². The number of carbonyl (C=O) groups is 2. The molecule has 78 valence electrons. The van der Waals surface area contributed by atoms with E-state index in [9.17, 15) is 9.59 Å². The fourth-order valence-electron chi connectivity index (χ4n) is 0.809. The predicted octanol–water partition coefficient (Wildman–Crippen LogP) is 2.00. The molecule has 1 aromatic carbocycles. The summed E-state index contributed by atoms with van der Waals surface area (Å²) in [7, 11) is 0. The quantitative estimate of drug-likeness (QED) is 0.518. The van der Waals surface area contributed by atoms with Crippen molar-refractivity contribution in [2.75, 3.05) is 0 Å². The standard InChI is InChI=1S/C10H7BrO4/c11-7-3-1-2-4-8(7)15-10(14)6-5-9(12)13/h1-6H,(H,12,13)/b6-5-. The van der Waals surface area contributed by atoms with Crippen molar-refractivity contribution in [2.45, 2.75) is 0 Å². The molecule has 1 N–H and O–H groups in total. The zero-order valence-electron chi connectivity index (χ0n) is 7.51. The van der Waals surface area contributed by atoms with E-state index in [4.69, 9.17) is 9.84 Å². The molecule has 0 radical (unpaired) electrons. The number of benzene rings is 1. The highest BCUT2D eigenvalue weighted by atomic mass is 79.9. The summed E-state index contributed by atoms with van der Waals surface area (Å²) >= 11 is 3.19. The number of carbonyl (C=O) groups excluding carboxylic acids is 1. The Morgan fingerprint density at radius 2 is 1.93 bits per heavy atom. The molecule has 0 saturated carbocycles. The third-order valence-electron chi connectivity index (χ3n) is 1.41. The van der Waals surface area contributed by atoms with Crippen LogP contribution in [0, 0.1) is 0 Å². The van der Waals surface area contributed by atoms with E-state index < -0.39 is 11.9 Å². The first-order chi connectivity index (χ1) is 7.09. The number of para-hydroxylation sites is 1. The number of hydrogen-bond acceptors (Lipinski definition) is 3. The van der Waals surface area contributed by atoms with Crippen LogP contribution in [0.1, 0.15) is 0 Å². The van der Waals surface area contributed by atoms with Crippen LogP contribution in [0.2, 0.25) is 0 Å². The average Bonchev–Trinajstić information content (AvgIpc) is 2.18. The summed E-state index contributed by atoms with van der Waals surface area (Å²) in [5.74, 6) is -1.58. The minimum atomic E-state index is -1.20. The molecule has 0 aliphatic heterocycles. The Morgan fingerprint density at radius 1 is 1.27 bits per heavy atom. The van der Waals surface area contributed by atoms with Gasteiger partial charge in [0, 0.05) is 12.2 Å². The van der Waals surface area contributed by atoms with Gasteiger partial charge in [0.2, 0.25) is 0 Å². The maximum Gasteiger partial charge on any atom is 0.336 e. The molecule has 1 rings (SSSR count). The molecule has 0 fully saturated rings. The lowest BCUT2D eigenvalue weighted by Gasteiger charge is -2.02. The molecular formula is C10H7BrO4. The van der Waals surface area contributed by atoms with Crippen LogP contribution in [0.4, 0.5) is 0 Å². The number of hydrogen-bond donors (Lipinski definition) is 1. The molecular weight excluding hydrogens is 264 g/mol. The van der Waals surface area contributed by atoms with Gasteiger partial charge in [-0.15, -0.1) is 0 Å². The van der Waals surface area contributed by atoms with Crippen LogP contribution < -0.4 is 4.74 Å². The molecule has 0 aliphatic rings. The summed E-state index contributed by atoms with van der Waals surface area (Å²) in [5, 5.41) is 8.28. The van der Waals surface area contributed by atoms with E-state index in [1.54, 1.807) is 24.3 Å². The van der Waals surface area contributed by atoms with Crippen molar-refractivity contribution < 1.29 is 19.4 Å². The highest BCUT2D eigenvalue weighted by molar-refractivity contribution is 9.10. The molecule has 5 heteroatoms.